The molecule has 0 unspecified atom stereocenters. The van der Waals surface area contributed by atoms with Crippen molar-refractivity contribution >= 4 is 12.6 Å². The summed E-state index contributed by atoms with van der Waals surface area (Å²) < 4.78 is 106. The van der Waals surface area contributed by atoms with E-state index in [4.69, 9.17) is 9.31 Å². The van der Waals surface area contributed by atoms with Crippen LogP contribution in [0.25, 0.3) is 5.69 Å². The van der Waals surface area contributed by atoms with Gasteiger partial charge in [0, 0.05) is 23.4 Å². The average molecular weight is 466 g/mol. The molecule has 2 aromatic rings. The third-order valence-electron chi connectivity index (χ3n) is 6.03. The first kappa shape index (κ1) is 24.6. The zero-order valence-electron chi connectivity index (χ0n) is 18.2. The lowest BCUT2D eigenvalue weighted by molar-refractivity contribution is -0.348. The summed E-state index contributed by atoms with van der Waals surface area (Å²) in [5.41, 5.74) is -7.56. The van der Waals surface area contributed by atoms with Crippen molar-refractivity contribution in [1.82, 2.24) is 9.78 Å². The Morgan fingerprint density at radius 2 is 1.28 bits per heavy atom. The van der Waals surface area contributed by atoms with Crippen LogP contribution in [0.5, 0.6) is 0 Å². The molecule has 1 aromatic heterocycles. The molecule has 1 saturated heterocycles. The van der Waals surface area contributed by atoms with E-state index in [2.05, 4.69) is 5.10 Å². The average Bonchev–Trinajstić information content (AvgIpc) is 3.14. The van der Waals surface area contributed by atoms with E-state index in [1.807, 2.05) is 27.7 Å². The van der Waals surface area contributed by atoms with E-state index in [-0.39, 0.29) is 16.8 Å². The van der Waals surface area contributed by atoms with Crippen molar-refractivity contribution in [1.29, 1.82) is 0 Å². The van der Waals surface area contributed by atoms with Gasteiger partial charge in [0.15, 0.2) is 0 Å². The molecule has 1 aromatic carbocycles. The van der Waals surface area contributed by atoms with Crippen LogP contribution in [0, 0.1) is 13.8 Å². The minimum absolute atomic E-state index is 0.0147. The minimum atomic E-state index is -6.18. The van der Waals surface area contributed by atoms with Gasteiger partial charge in [0.05, 0.1) is 16.9 Å². The second kappa shape index (κ2) is 7.21. The molecule has 3 rings (SSSR count). The molecule has 32 heavy (non-hydrogen) atoms. The molecule has 176 valence electrons. The Morgan fingerprint density at radius 3 is 1.69 bits per heavy atom. The Bertz CT molecular complexity index is 975. The summed E-state index contributed by atoms with van der Waals surface area (Å²) in [4.78, 5) is 0. The highest BCUT2D eigenvalue weighted by atomic mass is 19.4. The molecule has 0 radical (unpaired) electrons. The summed E-state index contributed by atoms with van der Waals surface area (Å²) in [5.74, 6) is 0. The van der Waals surface area contributed by atoms with E-state index in [9.17, 15) is 30.7 Å². The smallest absolute Gasteiger partial charge is 0.399 e. The number of benzene rings is 1. The first-order valence-corrected chi connectivity index (χ1v) is 9.66. The molecule has 0 amide bonds. The van der Waals surface area contributed by atoms with Gasteiger partial charge in [0.1, 0.15) is 0 Å². The van der Waals surface area contributed by atoms with Crippen molar-refractivity contribution in [3.63, 3.8) is 0 Å². The summed E-state index contributed by atoms with van der Waals surface area (Å²) >= 11 is 0. The van der Waals surface area contributed by atoms with Gasteiger partial charge in [-0.3, -0.25) is 0 Å². The molecule has 4 nitrogen and oxygen atoms in total. The zero-order chi connectivity index (χ0) is 24.5. The third kappa shape index (κ3) is 3.70. The normalized spacial score (nSPS) is 19.0. The highest BCUT2D eigenvalue weighted by Crippen LogP contribution is 2.53. The van der Waals surface area contributed by atoms with Crippen molar-refractivity contribution in [2.75, 3.05) is 0 Å². The Labute approximate surface area is 180 Å². The molecular weight excluding hydrogens is 444 g/mol. The van der Waals surface area contributed by atoms with Gasteiger partial charge in [-0.1, -0.05) is 12.1 Å². The molecule has 0 bridgehead atoms. The third-order valence-corrected chi connectivity index (χ3v) is 6.03. The summed E-state index contributed by atoms with van der Waals surface area (Å²) in [6, 6.07) is 1.08. The number of alkyl halides is 7. The summed E-state index contributed by atoms with van der Waals surface area (Å²) in [6.07, 6.45) is -9.42. The van der Waals surface area contributed by atoms with Crippen LogP contribution in [-0.2, 0) is 15.0 Å². The quantitative estimate of drug-likeness (QED) is 0.468. The van der Waals surface area contributed by atoms with Crippen molar-refractivity contribution in [3.8, 4) is 5.69 Å². The van der Waals surface area contributed by atoms with Gasteiger partial charge in [-0.05, 0) is 52.7 Å². The van der Waals surface area contributed by atoms with Gasteiger partial charge in [-0.25, -0.2) is 9.07 Å². The van der Waals surface area contributed by atoms with E-state index < -0.39 is 41.9 Å². The Balaban J connectivity index is 2.02. The fourth-order valence-corrected chi connectivity index (χ4v) is 3.56. The fourth-order valence-electron chi connectivity index (χ4n) is 3.56. The molecule has 0 spiro atoms. The predicted octanol–water partition coefficient (Wildman–Crippen LogP) is 5.08. The topological polar surface area (TPSA) is 36.3 Å². The standard InChI is InChI=1S/C20H22BF7N2O2/c1-11-7-13(18(22,19(23,24)25)20(26,27)28)8-12(2)15(11)30-10-14(9-29-30)21-31-16(3,4)17(5,6)32-21/h7-10H,1-6H3. The molecule has 0 saturated carbocycles. The summed E-state index contributed by atoms with van der Waals surface area (Å²) in [6.45, 7) is 10.00. The number of hydrogen-bond donors (Lipinski definition) is 0. The lowest BCUT2D eigenvalue weighted by atomic mass is 9.82. The van der Waals surface area contributed by atoms with Gasteiger partial charge in [-0.2, -0.15) is 31.4 Å². The van der Waals surface area contributed by atoms with Crippen molar-refractivity contribution < 1.29 is 40.0 Å². The first-order valence-electron chi connectivity index (χ1n) is 9.66. The van der Waals surface area contributed by atoms with E-state index in [0.29, 0.717) is 17.6 Å². The summed E-state index contributed by atoms with van der Waals surface area (Å²) in [5, 5.41) is 4.16. The van der Waals surface area contributed by atoms with Crippen molar-refractivity contribution in [2.45, 2.75) is 70.8 Å². The predicted molar refractivity (Wildman–Crippen MR) is 104 cm³/mol. The maximum atomic E-state index is 14.5. The van der Waals surface area contributed by atoms with Crippen LogP contribution in [0.15, 0.2) is 24.5 Å². The van der Waals surface area contributed by atoms with Crippen LogP contribution in [0.3, 0.4) is 0 Å². The van der Waals surface area contributed by atoms with Gasteiger partial charge in [0.25, 0.3) is 0 Å². The Kier molecular flexibility index (Phi) is 5.54. The van der Waals surface area contributed by atoms with Crippen LogP contribution in [-0.4, -0.2) is 40.5 Å². The molecule has 1 aliphatic rings. The number of hydrogen-bond acceptors (Lipinski definition) is 3. The Hall–Kier alpha value is -2.08. The monoisotopic (exact) mass is 466 g/mol. The van der Waals surface area contributed by atoms with E-state index in [1.54, 1.807) is 0 Å². The largest absolute Gasteiger partial charge is 0.498 e. The number of aryl methyl sites for hydroxylation is 2. The highest BCUT2D eigenvalue weighted by molar-refractivity contribution is 6.62. The van der Waals surface area contributed by atoms with E-state index in [1.165, 1.54) is 30.9 Å². The van der Waals surface area contributed by atoms with Crippen LogP contribution >= 0.6 is 0 Å². The second-order valence-electron chi connectivity index (χ2n) is 8.92. The maximum Gasteiger partial charge on any atom is 0.498 e. The SMILES string of the molecule is Cc1cc(C(F)(C(F)(F)F)C(F)(F)F)cc(C)c1-n1cc(B2OC(C)(C)C(C)(C)O2)cn1. The number of aromatic nitrogens is 2. The molecule has 1 aliphatic heterocycles. The van der Waals surface area contributed by atoms with Gasteiger partial charge in [0.2, 0.25) is 0 Å². The number of halogens is 7. The molecule has 0 N–H and O–H groups in total. The molecule has 12 heteroatoms. The van der Waals surface area contributed by atoms with Gasteiger partial charge < -0.3 is 9.31 Å². The molecule has 2 heterocycles. The number of rotatable bonds is 3. The fraction of sp³-hybridized carbons (Fsp3) is 0.550. The Morgan fingerprint density at radius 1 is 0.844 bits per heavy atom. The highest BCUT2D eigenvalue weighted by Gasteiger charge is 2.73. The van der Waals surface area contributed by atoms with Crippen LogP contribution in [0.4, 0.5) is 30.7 Å². The maximum absolute atomic E-state index is 14.5. The van der Waals surface area contributed by atoms with Crippen LogP contribution in [0.1, 0.15) is 44.4 Å². The number of nitrogens with zero attached hydrogens (tertiary/aromatic N) is 2. The van der Waals surface area contributed by atoms with Gasteiger partial charge in [-0.15, -0.1) is 0 Å². The molecule has 0 aliphatic carbocycles. The lowest BCUT2D eigenvalue weighted by Crippen LogP contribution is -2.50. The van der Waals surface area contributed by atoms with E-state index >= 15 is 0 Å². The van der Waals surface area contributed by atoms with Crippen LogP contribution < -0.4 is 5.46 Å². The second-order valence-corrected chi connectivity index (χ2v) is 8.92. The zero-order valence-corrected chi connectivity index (χ0v) is 18.2. The minimum Gasteiger partial charge on any atom is -0.399 e. The van der Waals surface area contributed by atoms with E-state index in [0.717, 1.165) is 0 Å². The van der Waals surface area contributed by atoms with Crippen molar-refractivity contribution in [3.05, 3.63) is 41.2 Å². The first-order chi connectivity index (χ1) is 14.3. The lowest BCUT2D eigenvalue weighted by Gasteiger charge is -2.32. The van der Waals surface area contributed by atoms with Gasteiger partial charge >= 0.3 is 25.1 Å². The van der Waals surface area contributed by atoms with Crippen LogP contribution in [0.2, 0.25) is 0 Å². The molecule has 0 atom stereocenters. The molecule has 1 fully saturated rings. The summed E-state index contributed by atoms with van der Waals surface area (Å²) in [7, 11) is -0.761. The molecular formula is C20H22BF7N2O2. The van der Waals surface area contributed by atoms with Crippen molar-refractivity contribution in [2.24, 2.45) is 0 Å².